The smallest absolute Gasteiger partial charge is 1.00 e. The van der Waals surface area contributed by atoms with E-state index in [1.165, 1.54) is 0 Å². The Morgan fingerprint density at radius 2 is 1.50 bits per heavy atom. The summed E-state index contributed by atoms with van der Waals surface area (Å²) >= 11 is 0. The van der Waals surface area contributed by atoms with Crippen molar-refractivity contribution in [2.45, 2.75) is 27.2 Å². The van der Waals surface area contributed by atoms with Crippen molar-refractivity contribution in [1.82, 2.24) is 0 Å². The number of rotatable bonds is 5. The molecule has 0 aromatic carbocycles. The summed E-state index contributed by atoms with van der Waals surface area (Å²) < 4.78 is 0. The van der Waals surface area contributed by atoms with Gasteiger partial charge in [0, 0.05) is 0 Å². The molecule has 5 heteroatoms. The van der Waals surface area contributed by atoms with Crippen molar-refractivity contribution < 1.29 is 22.7 Å². The summed E-state index contributed by atoms with van der Waals surface area (Å²) in [5.74, 6) is -3.35. The molecule has 0 aromatic rings. The van der Waals surface area contributed by atoms with Crippen molar-refractivity contribution in [3.8, 4) is 0 Å². The Balaban J connectivity index is -0.000000240. The summed E-state index contributed by atoms with van der Waals surface area (Å²) in [6.45, 7) is 5.76. The molecule has 0 rings (SSSR count). The van der Waals surface area contributed by atoms with Crippen molar-refractivity contribution in [2.24, 2.45) is 17.8 Å². The van der Waals surface area contributed by atoms with Gasteiger partial charge in [0.15, 0.2) is 5.92 Å². The molecular weight excluding hydrogens is 196 g/mol. The van der Waals surface area contributed by atoms with Crippen LogP contribution >= 0.6 is 0 Å². The van der Waals surface area contributed by atoms with E-state index in [1.54, 1.807) is 0 Å². The molecule has 1 unspecified atom stereocenters. The van der Waals surface area contributed by atoms with Gasteiger partial charge in [-0.25, -0.2) is 0 Å². The van der Waals surface area contributed by atoms with E-state index in [-0.39, 0.29) is 38.2 Å². The standard InChI is InChI=1S/C9H16O4.Mg.2H/c1-5(2)6(3)4-7(8(10)11)9(12)13;;;/h5-7H,4H2,1-3H3,(H,10,11)(H,12,13);;;/q;+2;2*-1. The minimum Gasteiger partial charge on any atom is -1.00 e. The third kappa shape index (κ3) is 5.44. The van der Waals surface area contributed by atoms with E-state index < -0.39 is 17.9 Å². The molecule has 0 aromatic heterocycles. The fraction of sp³-hybridized carbons (Fsp3) is 0.778. The Labute approximate surface area is 103 Å². The van der Waals surface area contributed by atoms with Gasteiger partial charge >= 0.3 is 35.0 Å². The van der Waals surface area contributed by atoms with Crippen molar-refractivity contribution in [3.05, 3.63) is 0 Å². The third-order valence-electron chi connectivity index (χ3n) is 2.34. The maximum atomic E-state index is 10.5. The van der Waals surface area contributed by atoms with Gasteiger partial charge in [-0.2, -0.15) is 0 Å². The molecule has 0 radical (unpaired) electrons. The number of hydrogen-bond donors (Lipinski definition) is 2. The fourth-order valence-corrected chi connectivity index (χ4v) is 0.951. The third-order valence-corrected chi connectivity index (χ3v) is 2.34. The summed E-state index contributed by atoms with van der Waals surface area (Å²) in [4.78, 5) is 21.0. The summed E-state index contributed by atoms with van der Waals surface area (Å²) in [5.41, 5.74) is 0. The zero-order chi connectivity index (χ0) is 10.6. The van der Waals surface area contributed by atoms with Crippen LogP contribution < -0.4 is 0 Å². The van der Waals surface area contributed by atoms with Crippen molar-refractivity contribution in [3.63, 3.8) is 0 Å². The zero-order valence-electron chi connectivity index (χ0n) is 10.9. The van der Waals surface area contributed by atoms with Gasteiger partial charge < -0.3 is 13.1 Å². The molecule has 0 saturated carbocycles. The molecule has 2 N–H and O–H groups in total. The van der Waals surface area contributed by atoms with Gasteiger partial charge in [-0.15, -0.1) is 0 Å². The van der Waals surface area contributed by atoms with Gasteiger partial charge in [-0.05, 0) is 18.3 Å². The Kier molecular flexibility index (Phi) is 8.14. The molecule has 80 valence electrons. The predicted molar refractivity (Wildman–Crippen MR) is 55.4 cm³/mol. The van der Waals surface area contributed by atoms with Crippen molar-refractivity contribution in [2.75, 3.05) is 0 Å². The van der Waals surface area contributed by atoms with Crippen LogP contribution in [0.25, 0.3) is 0 Å². The van der Waals surface area contributed by atoms with Crippen LogP contribution in [0, 0.1) is 17.8 Å². The predicted octanol–water partition coefficient (Wildman–Crippen LogP) is 1.30. The van der Waals surface area contributed by atoms with Crippen LogP contribution in [0.3, 0.4) is 0 Å². The largest absolute Gasteiger partial charge is 2.00 e. The summed E-state index contributed by atoms with van der Waals surface area (Å²) in [7, 11) is 0. The number of aliphatic carboxylic acids is 2. The molecular formula is C9H18MgO4. The summed E-state index contributed by atoms with van der Waals surface area (Å²) in [6.07, 6.45) is 0.197. The molecule has 0 aliphatic carbocycles. The van der Waals surface area contributed by atoms with E-state index in [1.807, 2.05) is 20.8 Å². The minimum absolute atomic E-state index is 0. The van der Waals surface area contributed by atoms with Crippen LogP contribution in [0.5, 0.6) is 0 Å². The Morgan fingerprint density at radius 1 is 1.14 bits per heavy atom. The molecule has 0 fully saturated rings. The molecule has 0 aliphatic heterocycles. The second-order valence-corrected chi connectivity index (χ2v) is 3.69. The quantitative estimate of drug-likeness (QED) is 0.534. The molecule has 0 amide bonds. The van der Waals surface area contributed by atoms with Crippen LogP contribution in [-0.2, 0) is 9.59 Å². The summed E-state index contributed by atoms with van der Waals surface area (Å²) in [6, 6.07) is 0. The second kappa shape index (κ2) is 7.06. The first-order chi connectivity index (χ1) is 5.86. The van der Waals surface area contributed by atoms with Crippen molar-refractivity contribution >= 4 is 35.0 Å². The Bertz CT molecular complexity index is 198. The Hall–Kier alpha value is -0.294. The molecule has 0 saturated heterocycles. The molecule has 0 bridgehead atoms. The van der Waals surface area contributed by atoms with E-state index in [9.17, 15) is 9.59 Å². The van der Waals surface area contributed by atoms with Crippen LogP contribution in [0.4, 0.5) is 0 Å². The molecule has 1 atom stereocenters. The van der Waals surface area contributed by atoms with Crippen LogP contribution in [0.15, 0.2) is 0 Å². The number of carboxylic acid groups (broad SMARTS) is 2. The molecule has 14 heavy (non-hydrogen) atoms. The molecule has 4 nitrogen and oxygen atoms in total. The van der Waals surface area contributed by atoms with Gasteiger partial charge in [0.05, 0.1) is 0 Å². The number of hydrogen-bond acceptors (Lipinski definition) is 2. The van der Waals surface area contributed by atoms with E-state index in [0.29, 0.717) is 5.92 Å². The molecule has 0 heterocycles. The van der Waals surface area contributed by atoms with Crippen LogP contribution in [0.1, 0.15) is 30.0 Å². The Morgan fingerprint density at radius 3 is 1.71 bits per heavy atom. The van der Waals surface area contributed by atoms with E-state index in [2.05, 4.69) is 0 Å². The maximum absolute atomic E-state index is 10.5. The van der Waals surface area contributed by atoms with E-state index >= 15 is 0 Å². The monoisotopic (exact) mass is 214 g/mol. The van der Waals surface area contributed by atoms with Gasteiger partial charge in [0.25, 0.3) is 0 Å². The van der Waals surface area contributed by atoms with Gasteiger partial charge in [0.2, 0.25) is 0 Å². The second-order valence-electron chi connectivity index (χ2n) is 3.69. The first-order valence-electron chi connectivity index (χ1n) is 4.31. The molecule has 0 aliphatic rings. The minimum atomic E-state index is -1.27. The van der Waals surface area contributed by atoms with Crippen LogP contribution in [0.2, 0.25) is 0 Å². The number of carboxylic acids is 2. The average Bonchev–Trinajstić information content (AvgIpc) is 1.97. The zero-order valence-corrected chi connectivity index (χ0v) is 10.3. The topological polar surface area (TPSA) is 74.6 Å². The van der Waals surface area contributed by atoms with Gasteiger partial charge in [0.1, 0.15) is 0 Å². The van der Waals surface area contributed by atoms with Gasteiger partial charge in [-0.1, -0.05) is 20.8 Å². The van der Waals surface area contributed by atoms with E-state index in [0.717, 1.165) is 0 Å². The average molecular weight is 215 g/mol. The first kappa shape index (κ1) is 16.1. The van der Waals surface area contributed by atoms with E-state index in [4.69, 9.17) is 10.2 Å². The first-order valence-corrected chi connectivity index (χ1v) is 4.31. The van der Waals surface area contributed by atoms with Crippen LogP contribution in [-0.4, -0.2) is 45.2 Å². The van der Waals surface area contributed by atoms with Crippen molar-refractivity contribution in [1.29, 1.82) is 0 Å². The normalized spacial score (nSPS) is 12.4. The van der Waals surface area contributed by atoms with Gasteiger partial charge in [-0.3, -0.25) is 9.59 Å². The maximum Gasteiger partial charge on any atom is 2.00 e. The summed E-state index contributed by atoms with van der Waals surface area (Å²) in [5, 5.41) is 17.2. The SMILES string of the molecule is CC(C)C(C)CC(C(=O)O)C(=O)O.[H-].[H-].[Mg+2]. The fourth-order valence-electron chi connectivity index (χ4n) is 0.951. The number of carbonyl (C=O) groups is 2. The molecule has 0 spiro atoms.